The maximum atomic E-state index is 12.0. The molecule has 200 valence electrons. The van der Waals surface area contributed by atoms with Gasteiger partial charge in [-0.05, 0) is 91.5 Å². The normalized spacial score (nSPS) is 17.8. The fourth-order valence-electron chi connectivity index (χ4n) is 5.71. The van der Waals surface area contributed by atoms with Gasteiger partial charge in [0.2, 0.25) is 15.9 Å². The number of nitrogens with one attached hydrogen (secondary N) is 1. The number of rotatable bonds is 8. The summed E-state index contributed by atoms with van der Waals surface area (Å²) in [6.07, 6.45) is 9.16. The molecule has 1 fully saturated rings. The van der Waals surface area contributed by atoms with Crippen LogP contribution in [0.3, 0.4) is 0 Å². The topological polar surface area (TPSA) is 68.3 Å². The Labute approximate surface area is 237 Å². The van der Waals surface area contributed by atoms with E-state index >= 15 is 0 Å². The molecule has 2 aromatic carbocycles. The summed E-state index contributed by atoms with van der Waals surface area (Å²) >= 11 is 6.19. The zero-order valence-electron chi connectivity index (χ0n) is 20.8. The minimum absolute atomic E-state index is 0. The number of pyridine rings is 1. The van der Waals surface area contributed by atoms with Gasteiger partial charge in [0, 0.05) is 16.5 Å². The van der Waals surface area contributed by atoms with Gasteiger partial charge in [-0.15, -0.1) is 24.8 Å². The lowest BCUT2D eigenvalue weighted by Gasteiger charge is -2.50. The number of sulfonamides is 1. The largest absolute Gasteiger partial charge is 0.439 e. The van der Waals surface area contributed by atoms with Crippen molar-refractivity contribution >= 4 is 52.1 Å². The number of aryl methyl sites for hydroxylation is 1. The van der Waals surface area contributed by atoms with Gasteiger partial charge in [-0.3, -0.25) is 4.72 Å². The van der Waals surface area contributed by atoms with Crippen molar-refractivity contribution in [3.8, 4) is 11.6 Å². The maximum absolute atomic E-state index is 12.0. The van der Waals surface area contributed by atoms with Gasteiger partial charge in [-0.25, -0.2) is 13.4 Å². The van der Waals surface area contributed by atoms with Gasteiger partial charge in [-0.2, -0.15) is 0 Å². The highest BCUT2D eigenvalue weighted by Crippen LogP contribution is 2.57. The Kier molecular flexibility index (Phi) is 9.79. The number of benzene rings is 2. The molecule has 2 aliphatic rings. The van der Waals surface area contributed by atoms with Gasteiger partial charge in [0.1, 0.15) is 5.75 Å². The Morgan fingerprint density at radius 3 is 2.43 bits per heavy atom. The molecule has 1 unspecified atom stereocenters. The van der Waals surface area contributed by atoms with E-state index in [-0.39, 0.29) is 36.0 Å². The number of hydrogen-bond donors (Lipinski definition) is 1. The molecular formula is C28H33Cl3N2O3S. The van der Waals surface area contributed by atoms with Crippen LogP contribution in [0.15, 0.2) is 60.8 Å². The summed E-state index contributed by atoms with van der Waals surface area (Å²) in [6.45, 7) is 1.83. The molecule has 9 heteroatoms. The monoisotopic (exact) mass is 582 g/mol. The summed E-state index contributed by atoms with van der Waals surface area (Å²) in [4.78, 5) is 4.32. The van der Waals surface area contributed by atoms with Crippen LogP contribution in [0.5, 0.6) is 11.6 Å². The second kappa shape index (κ2) is 12.2. The van der Waals surface area contributed by atoms with Crippen molar-refractivity contribution in [2.45, 2.75) is 63.2 Å². The SMILES string of the molecule is CCCS(=O)(=O)Nc1ccc(Oc2ccc3c(c2)C(C2(c4ccc(Cl)cc4)CCC2)CCC3)nc1.Cl.Cl. The molecule has 2 aliphatic carbocycles. The summed E-state index contributed by atoms with van der Waals surface area (Å²) in [7, 11) is -3.35. The van der Waals surface area contributed by atoms with Crippen LogP contribution < -0.4 is 9.46 Å². The molecule has 1 saturated carbocycles. The van der Waals surface area contributed by atoms with Crippen LogP contribution in [-0.4, -0.2) is 19.2 Å². The number of aromatic nitrogens is 1. The predicted octanol–water partition coefficient (Wildman–Crippen LogP) is 8.06. The zero-order valence-corrected chi connectivity index (χ0v) is 24.0. The fourth-order valence-corrected chi connectivity index (χ4v) is 6.96. The Morgan fingerprint density at radius 1 is 1.05 bits per heavy atom. The van der Waals surface area contributed by atoms with E-state index in [0.29, 0.717) is 23.9 Å². The first-order valence-corrected chi connectivity index (χ1v) is 14.4. The average Bonchev–Trinajstić information content (AvgIpc) is 2.81. The fraction of sp³-hybridized carbons (Fsp3) is 0.393. The van der Waals surface area contributed by atoms with Crippen LogP contribution in [0.25, 0.3) is 0 Å². The van der Waals surface area contributed by atoms with E-state index in [0.717, 1.165) is 17.2 Å². The standard InChI is InChI=1S/C28H31ClN2O3S.2ClH/c1-2-17-35(32,33)31-23-12-14-27(30-19-23)34-24-13-7-20-5-3-6-26(25(20)18-24)28(15-4-16-28)21-8-10-22(29)11-9-21;;/h7-14,18-19,26,31H,2-6,15-17H2,1H3;2*1H. The van der Waals surface area contributed by atoms with Gasteiger partial charge in [0.15, 0.2) is 0 Å². The molecule has 1 atom stereocenters. The van der Waals surface area contributed by atoms with Gasteiger partial charge >= 0.3 is 0 Å². The molecule has 0 radical (unpaired) electrons. The Balaban J connectivity index is 0.00000190. The molecule has 0 amide bonds. The van der Waals surface area contributed by atoms with Crippen molar-refractivity contribution in [3.05, 3.63) is 82.5 Å². The quantitative estimate of drug-likeness (QED) is 0.291. The Hall–Kier alpha value is -1.99. The minimum Gasteiger partial charge on any atom is -0.439 e. The van der Waals surface area contributed by atoms with Gasteiger partial charge in [0.25, 0.3) is 0 Å². The van der Waals surface area contributed by atoms with E-state index in [1.165, 1.54) is 55.0 Å². The highest BCUT2D eigenvalue weighted by Gasteiger charge is 2.47. The van der Waals surface area contributed by atoms with E-state index in [9.17, 15) is 8.42 Å². The van der Waals surface area contributed by atoms with E-state index < -0.39 is 10.0 Å². The first kappa shape index (κ1) is 29.6. The van der Waals surface area contributed by atoms with Crippen LogP contribution in [0.4, 0.5) is 5.69 Å². The van der Waals surface area contributed by atoms with Crippen LogP contribution in [0, 0.1) is 0 Å². The lowest BCUT2D eigenvalue weighted by atomic mass is 9.53. The number of halogens is 3. The molecule has 1 N–H and O–H groups in total. The highest BCUT2D eigenvalue weighted by molar-refractivity contribution is 7.92. The molecule has 5 nitrogen and oxygen atoms in total. The number of fused-ring (bicyclic) bond motifs is 1. The van der Waals surface area contributed by atoms with Crippen molar-refractivity contribution in [1.29, 1.82) is 0 Å². The zero-order chi connectivity index (χ0) is 24.5. The minimum atomic E-state index is -3.35. The molecule has 37 heavy (non-hydrogen) atoms. The van der Waals surface area contributed by atoms with Gasteiger partial charge in [-0.1, -0.05) is 43.1 Å². The summed E-state index contributed by atoms with van der Waals surface area (Å²) in [5, 5.41) is 0.777. The van der Waals surface area contributed by atoms with Crippen LogP contribution >= 0.6 is 36.4 Å². The molecule has 0 bridgehead atoms. The summed E-state index contributed by atoms with van der Waals surface area (Å²) < 4.78 is 32.6. The third-order valence-corrected chi connectivity index (χ3v) is 9.21. The lowest BCUT2D eigenvalue weighted by molar-refractivity contribution is 0.179. The molecule has 0 aliphatic heterocycles. The first-order chi connectivity index (χ1) is 16.9. The lowest BCUT2D eigenvalue weighted by Crippen LogP contribution is -2.41. The van der Waals surface area contributed by atoms with Crippen LogP contribution in [0.2, 0.25) is 5.02 Å². The third kappa shape index (κ3) is 6.36. The summed E-state index contributed by atoms with van der Waals surface area (Å²) in [5.74, 6) is 1.73. The van der Waals surface area contributed by atoms with E-state index in [1.807, 2.05) is 25.1 Å². The average molecular weight is 584 g/mol. The molecule has 0 spiro atoms. The van der Waals surface area contributed by atoms with Gasteiger partial charge < -0.3 is 4.74 Å². The van der Waals surface area contributed by atoms with Crippen molar-refractivity contribution in [2.24, 2.45) is 0 Å². The molecule has 1 heterocycles. The molecule has 3 aromatic rings. The molecular weight excluding hydrogens is 551 g/mol. The smallest absolute Gasteiger partial charge is 0.232 e. The van der Waals surface area contributed by atoms with Crippen LogP contribution in [-0.2, 0) is 21.9 Å². The second-order valence-electron chi connectivity index (χ2n) is 9.73. The van der Waals surface area contributed by atoms with Crippen molar-refractivity contribution in [3.63, 3.8) is 0 Å². The van der Waals surface area contributed by atoms with E-state index in [1.54, 1.807) is 12.1 Å². The molecule has 1 aromatic heterocycles. The molecule has 5 rings (SSSR count). The second-order valence-corrected chi connectivity index (χ2v) is 12.0. The first-order valence-electron chi connectivity index (χ1n) is 12.4. The van der Waals surface area contributed by atoms with Crippen LogP contribution in [0.1, 0.15) is 68.1 Å². The van der Waals surface area contributed by atoms with Crippen molar-refractivity contribution < 1.29 is 13.2 Å². The Morgan fingerprint density at radius 2 is 1.81 bits per heavy atom. The van der Waals surface area contributed by atoms with Crippen molar-refractivity contribution in [2.75, 3.05) is 10.5 Å². The third-order valence-electron chi connectivity index (χ3n) is 7.47. The summed E-state index contributed by atoms with van der Waals surface area (Å²) in [5.41, 5.74) is 4.77. The predicted molar refractivity (Wildman–Crippen MR) is 156 cm³/mol. The van der Waals surface area contributed by atoms with E-state index in [4.69, 9.17) is 16.3 Å². The van der Waals surface area contributed by atoms with E-state index in [2.05, 4.69) is 34.0 Å². The number of ether oxygens (including phenoxy) is 1. The highest BCUT2D eigenvalue weighted by atomic mass is 35.5. The maximum Gasteiger partial charge on any atom is 0.232 e. The molecule has 0 saturated heterocycles. The number of nitrogens with zero attached hydrogens (tertiary/aromatic N) is 1. The van der Waals surface area contributed by atoms with Gasteiger partial charge in [0.05, 0.1) is 17.6 Å². The summed E-state index contributed by atoms with van der Waals surface area (Å²) in [6, 6.07) is 18.2. The Bertz CT molecular complexity index is 1300. The van der Waals surface area contributed by atoms with Crippen molar-refractivity contribution in [1.82, 2.24) is 4.98 Å². The number of anilines is 1. The number of hydrogen-bond acceptors (Lipinski definition) is 4.